The number of nitrogens with two attached hydrogens (primary N) is 1. The molecule has 0 spiro atoms. The smallest absolute Gasteiger partial charge is 0.269 e. The van der Waals surface area contributed by atoms with Crippen LogP contribution in [0.15, 0.2) is 54.7 Å². The standard InChI is InChI=1S/C23H20N6O4/c1-23(32,19-14-25-29-27-19)20(22(31)28-33)26-21(30)17-10-6-15(7-11-17)4-2-3-5-16-8-12-18(24)13-9-16/h6-14,20,32-33H,24H2,1H3,(H,26,30)(H,28,31)(H,25,27,29). The van der Waals surface area contributed by atoms with E-state index in [-0.39, 0.29) is 11.3 Å². The third-order valence-corrected chi connectivity index (χ3v) is 4.68. The van der Waals surface area contributed by atoms with E-state index in [9.17, 15) is 14.7 Å². The maximum atomic E-state index is 12.6. The first-order valence-electron chi connectivity index (χ1n) is 9.63. The fourth-order valence-corrected chi connectivity index (χ4v) is 2.82. The van der Waals surface area contributed by atoms with Gasteiger partial charge in [-0.15, -0.1) is 5.10 Å². The van der Waals surface area contributed by atoms with Gasteiger partial charge in [-0.05, 0) is 67.3 Å². The Kier molecular flexibility index (Phi) is 7.06. The highest BCUT2D eigenvalue weighted by Crippen LogP contribution is 2.22. The number of anilines is 1. The molecular formula is C23H20N6O4. The SMILES string of the molecule is CC(O)(c1c[nH]nn1)C(NC(=O)c1ccc(C#CC#Cc2ccc(N)cc2)cc1)C(=O)NO. The monoisotopic (exact) mass is 444 g/mol. The summed E-state index contributed by atoms with van der Waals surface area (Å²) in [6.07, 6.45) is 1.27. The van der Waals surface area contributed by atoms with Gasteiger partial charge in [0.1, 0.15) is 17.3 Å². The fourth-order valence-electron chi connectivity index (χ4n) is 2.82. The Bertz CT molecular complexity index is 1240. The van der Waals surface area contributed by atoms with Crippen LogP contribution >= 0.6 is 0 Å². The summed E-state index contributed by atoms with van der Waals surface area (Å²) in [5.41, 5.74) is 7.38. The Hall–Kier alpha value is -4.64. The zero-order valence-electron chi connectivity index (χ0n) is 17.5. The summed E-state index contributed by atoms with van der Waals surface area (Å²) in [6.45, 7) is 1.26. The van der Waals surface area contributed by atoms with Gasteiger partial charge in [0.05, 0.1) is 0 Å². The molecule has 3 rings (SSSR count). The summed E-state index contributed by atoms with van der Waals surface area (Å²) in [6, 6.07) is 11.8. The lowest BCUT2D eigenvalue weighted by Crippen LogP contribution is -2.57. The van der Waals surface area contributed by atoms with Crippen molar-refractivity contribution in [3.63, 3.8) is 0 Å². The van der Waals surface area contributed by atoms with Gasteiger partial charge in [0, 0.05) is 28.6 Å². The van der Waals surface area contributed by atoms with Gasteiger partial charge in [-0.25, -0.2) is 5.48 Å². The van der Waals surface area contributed by atoms with Gasteiger partial charge < -0.3 is 16.2 Å². The molecule has 0 aliphatic rings. The molecule has 2 amide bonds. The molecule has 0 saturated heterocycles. The molecule has 0 bridgehead atoms. The molecule has 0 radical (unpaired) electrons. The number of hydrogen-bond acceptors (Lipinski definition) is 7. The molecule has 10 heteroatoms. The van der Waals surface area contributed by atoms with Crippen molar-refractivity contribution < 1.29 is 19.9 Å². The van der Waals surface area contributed by atoms with Gasteiger partial charge in [0.25, 0.3) is 11.8 Å². The third-order valence-electron chi connectivity index (χ3n) is 4.68. The predicted molar refractivity (Wildman–Crippen MR) is 118 cm³/mol. The number of hydroxylamine groups is 1. The molecule has 10 nitrogen and oxygen atoms in total. The van der Waals surface area contributed by atoms with Crippen molar-refractivity contribution in [2.45, 2.75) is 18.6 Å². The average Bonchev–Trinajstić information content (AvgIpc) is 3.37. The number of nitrogens with zero attached hydrogens (tertiary/aromatic N) is 2. The fraction of sp³-hybridized carbons (Fsp3) is 0.130. The van der Waals surface area contributed by atoms with Crippen molar-refractivity contribution in [1.82, 2.24) is 26.2 Å². The van der Waals surface area contributed by atoms with Crippen molar-refractivity contribution in [3.8, 4) is 23.7 Å². The van der Waals surface area contributed by atoms with E-state index in [1.807, 2.05) is 0 Å². The predicted octanol–water partition coefficient (Wildman–Crippen LogP) is 0.302. The van der Waals surface area contributed by atoms with Gasteiger partial charge in [-0.3, -0.25) is 19.9 Å². The van der Waals surface area contributed by atoms with Crippen molar-refractivity contribution in [2.24, 2.45) is 0 Å². The number of nitrogens with one attached hydrogen (secondary N) is 3. The summed E-state index contributed by atoms with van der Waals surface area (Å²) in [4.78, 5) is 24.8. The lowest BCUT2D eigenvalue weighted by molar-refractivity contribution is -0.138. The molecule has 0 fully saturated rings. The van der Waals surface area contributed by atoms with Crippen molar-refractivity contribution in [3.05, 3.63) is 77.1 Å². The Morgan fingerprint density at radius 1 is 1.06 bits per heavy atom. The molecular weight excluding hydrogens is 424 g/mol. The Morgan fingerprint density at radius 3 is 2.15 bits per heavy atom. The van der Waals surface area contributed by atoms with Crippen molar-refractivity contribution in [1.29, 1.82) is 0 Å². The zero-order chi connectivity index (χ0) is 23.8. The van der Waals surface area contributed by atoms with E-state index < -0.39 is 23.5 Å². The van der Waals surface area contributed by atoms with Gasteiger partial charge in [0.15, 0.2) is 0 Å². The van der Waals surface area contributed by atoms with Gasteiger partial charge in [-0.2, -0.15) is 0 Å². The van der Waals surface area contributed by atoms with Gasteiger partial charge in [-0.1, -0.05) is 17.1 Å². The second kappa shape index (κ2) is 10.1. The number of carbonyl (C=O) groups excluding carboxylic acids is 2. The molecule has 2 aromatic carbocycles. The molecule has 33 heavy (non-hydrogen) atoms. The van der Waals surface area contributed by atoms with Crippen LogP contribution in [-0.4, -0.2) is 43.6 Å². The van der Waals surface area contributed by atoms with Crippen LogP contribution in [0.5, 0.6) is 0 Å². The summed E-state index contributed by atoms with van der Waals surface area (Å²) in [7, 11) is 0. The number of benzene rings is 2. The van der Waals surface area contributed by atoms with Crippen LogP contribution in [0.2, 0.25) is 0 Å². The highest BCUT2D eigenvalue weighted by molar-refractivity contribution is 5.97. The van der Waals surface area contributed by atoms with Crippen molar-refractivity contribution >= 4 is 17.5 Å². The first-order valence-corrected chi connectivity index (χ1v) is 9.63. The Morgan fingerprint density at radius 2 is 1.64 bits per heavy atom. The van der Waals surface area contributed by atoms with E-state index in [0.717, 1.165) is 5.56 Å². The van der Waals surface area contributed by atoms with Gasteiger partial charge >= 0.3 is 0 Å². The van der Waals surface area contributed by atoms with Crippen LogP contribution in [0.1, 0.15) is 34.1 Å². The second-order valence-electron chi connectivity index (χ2n) is 7.09. The van der Waals surface area contributed by atoms with Crippen LogP contribution < -0.4 is 16.5 Å². The summed E-state index contributed by atoms with van der Waals surface area (Å²) >= 11 is 0. The normalized spacial score (nSPS) is 12.7. The summed E-state index contributed by atoms with van der Waals surface area (Å²) in [5.74, 6) is 9.55. The number of aromatic amines is 1. The molecule has 3 aromatic rings. The minimum absolute atomic E-state index is 0.00195. The molecule has 166 valence electrons. The molecule has 0 saturated carbocycles. The van der Waals surface area contributed by atoms with E-state index in [2.05, 4.69) is 44.4 Å². The molecule has 2 unspecified atom stereocenters. The zero-order valence-corrected chi connectivity index (χ0v) is 17.5. The van der Waals surface area contributed by atoms with Crippen LogP contribution in [-0.2, 0) is 10.4 Å². The first kappa shape index (κ1) is 23.0. The second-order valence-corrected chi connectivity index (χ2v) is 7.09. The quantitative estimate of drug-likeness (QED) is 0.142. The number of hydrogen-bond donors (Lipinski definition) is 6. The molecule has 2 atom stereocenters. The van der Waals surface area contributed by atoms with Crippen LogP contribution in [0.4, 0.5) is 5.69 Å². The minimum atomic E-state index is -1.95. The number of nitrogen functional groups attached to an aromatic ring is 1. The molecule has 0 aliphatic carbocycles. The number of carbonyl (C=O) groups is 2. The molecule has 1 heterocycles. The van der Waals surface area contributed by atoms with E-state index in [4.69, 9.17) is 10.9 Å². The number of H-pyrrole nitrogens is 1. The molecule has 1 aromatic heterocycles. The largest absolute Gasteiger partial charge is 0.399 e. The van der Waals surface area contributed by atoms with Gasteiger partial charge in [0.2, 0.25) is 0 Å². The van der Waals surface area contributed by atoms with Crippen LogP contribution in [0.25, 0.3) is 0 Å². The maximum absolute atomic E-state index is 12.6. The van der Waals surface area contributed by atoms with E-state index in [1.54, 1.807) is 36.4 Å². The summed E-state index contributed by atoms with van der Waals surface area (Å²) < 4.78 is 0. The number of amides is 2. The number of aliphatic hydroxyl groups is 1. The minimum Gasteiger partial charge on any atom is -0.399 e. The lowest BCUT2D eigenvalue weighted by Gasteiger charge is -2.29. The number of aromatic nitrogens is 3. The first-order chi connectivity index (χ1) is 15.8. The van der Waals surface area contributed by atoms with Crippen LogP contribution in [0, 0.1) is 23.7 Å². The Balaban J connectivity index is 1.70. The molecule has 0 aliphatic heterocycles. The highest BCUT2D eigenvalue weighted by atomic mass is 16.5. The molecule has 7 N–H and O–H groups in total. The third kappa shape index (κ3) is 5.74. The number of rotatable bonds is 5. The Labute approximate surface area is 189 Å². The van der Waals surface area contributed by atoms with E-state index in [0.29, 0.717) is 11.3 Å². The highest BCUT2D eigenvalue weighted by Gasteiger charge is 2.42. The average molecular weight is 444 g/mol. The van der Waals surface area contributed by atoms with E-state index in [1.165, 1.54) is 30.7 Å². The maximum Gasteiger partial charge on any atom is 0.269 e. The van der Waals surface area contributed by atoms with E-state index >= 15 is 0 Å². The topological polar surface area (TPSA) is 166 Å². The van der Waals surface area contributed by atoms with Crippen LogP contribution in [0.3, 0.4) is 0 Å². The van der Waals surface area contributed by atoms with Crippen molar-refractivity contribution in [2.75, 3.05) is 5.73 Å². The lowest BCUT2D eigenvalue weighted by atomic mass is 9.92. The summed E-state index contributed by atoms with van der Waals surface area (Å²) in [5, 5.41) is 31.8.